The molecular formula is C26H22F3N7O2. The molecule has 0 unspecified atom stereocenters. The van der Waals surface area contributed by atoms with Gasteiger partial charge in [-0.05, 0) is 42.0 Å². The van der Waals surface area contributed by atoms with Gasteiger partial charge in [0.05, 0.1) is 23.7 Å². The van der Waals surface area contributed by atoms with Crippen molar-refractivity contribution in [3.63, 3.8) is 0 Å². The molecule has 1 aliphatic rings. The highest BCUT2D eigenvalue weighted by molar-refractivity contribution is 5.85. The number of aromatic nitrogens is 5. The molecule has 3 aromatic heterocycles. The summed E-state index contributed by atoms with van der Waals surface area (Å²) in [6.45, 7) is 2.17. The van der Waals surface area contributed by atoms with E-state index in [-0.39, 0.29) is 22.7 Å². The van der Waals surface area contributed by atoms with Crippen LogP contribution in [0.25, 0.3) is 39.2 Å². The van der Waals surface area contributed by atoms with E-state index in [1.54, 1.807) is 35.4 Å². The van der Waals surface area contributed by atoms with Crippen LogP contribution in [0, 0.1) is 0 Å². The Bertz CT molecular complexity index is 1710. The molecule has 12 heteroatoms. The van der Waals surface area contributed by atoms with Gasteiger partial charge < -0.3 is 19.9 Å². The topological polar surface area (TPSA) is 100 Å². The lowest BCUT2D eigenvalue weighted by molar-refractivity contribution is -0.137. The standard InChI is InChI=1S/C26H22F3N7O2/c1-38-22-7-4-17(14-31-22)15-2-6-21-19(13-15)32-25(37)24-34-33-23(36(21)24)16-3-5-20(18(12-16)26(27,28)29)35-10-8-30-9-11-35/h2-7,12-14,30H,8-11H2,1H3,(H,32,37). The van der Waals surface area contributed by atoms with Crippen molar-refractivity contribution in [1.29, 1.82) is 0 Å². The Hall–Kier alpha value is -4.45. The lowest BCUT2D eigenvalue weighted by Crippen LogP contribution is -2.44. The number of fused-ring (bicyclic) bond motifs is 3. The summed E-state index contributed by atoms with van der Waals surface area (Å²) in [5, 5.41) is 11.3. The number of ether oxygens (including phenoxy) is 1. The van der Waals surface area contributed by atoms with Crippen LogP contribution in [0.5, 0.6) is 5.88 Å². The molecule has 0 radical (unpaired) electrons. The highest BCUT2D eigenvalue weighted by Crippen LogP contribution is 2.39. The summed E-state index contributed by atoms with van der Waals surface area (Å²) < 4.78 is 49.1. The van der Waals surface area contributed by atoms with Crippen LogP contribution in [0.3, 0.4) is 0 Å². The van der Waals surface area contributed by atoms with Gasteiger partial charge in [0.1, 0.15) is 0 Å². The van der Waals surface area contributed by atoms with Gasteiger partial charge in [-0.15, -0.1) is 10.2 Å². The Balaban J connectivity index is 1.50. The van der Waals surface area contributed by atoms with Crippen molar-refractivity contribution in [2.75, 3.05) is 38.2 Å². The molecule has 38 heavy (non-hydrogen) atoms. The molecule has 0 atom stereocenters. The fraction of sp³-hybridized carbons (Fsp3) is 0.231. The minimum Gasteiger partial charge on any atom is -0.481 e. The summed E-state index contributed by atoms with van der Waals surface area (Å²) in [4.78, 5) is 21.6. The third-order valence-corrected chi connectivity index (χ3v) is 6.65. The van der Waals surface area contributed by atoms with Crippen LogP contribution < -0.4 is 20.5 Å². The van der Waals surface area contributed by atoms with E-state index >= 15 is 0 Å². The first-order valence-corrected chi connectivity index (χ1v) is 11.9. The summed E-state index contributed by atoms with van der Waals surface area (Å²) in [6, 6.07) is 13.1. The van der Waals surface area contributed by atoms with Gasteiger partial charge in [-0.3, -0.25) is 9.20 Å². The predicted molar refractivity (Wildman–Crippen MR) is 136 cm³/mol. The maximum atomic E-state index is 14.2. The van der Waals surface area contributed by atoms with Crippen molar-refractivity contribution in [3.8, 4) is 28.4 Å². The fourth-order valence-corrected chi connectivity index (χ4v) is 4.79. The molecule has 6 rings (SSSR count). The van der Waals surface area contributed by atoms with Crippen LogP contribution in [-0.4, -0.2) is 57.9 Å². The molecule has 0 saturated carbocycles. The quantitative estimate of drug-likeness (QED) is 0.372. The number of alkyl halides is 3. The van der Waals surface area contributed by atoms with E-state index in [1.165, 1.54) is 17.6 Å². The number of hydrogen-bond acceptors (Lipinski definition) is 7. The highest BCUT2D eigenvalue weighted by Gasteiger charge is 2.36. The summed E-state index contributed by atoms with van der Waals surface area (Å²) in [5.41, 5.74) is 1.68. The summed E-state index contributed by atoms with van der Waals surface area (Å²) in [6.07, 6.45) is -2.92. The molecule has 1 aliphatic heterocycles. The number of hydrogen-bond donors (Lipinski definition) is 2. The van der Waals surface area contributed by atoms with Crippen LogP contribution in [0.15, 0.2) is 59.5 Å². The number of benzene rings is 2. The number of H-pyrrole nitrogens is 1. The molecule has 194 valence electrons. The van der Waals surface area contributed by atoms with Crippen molar-refractivity contribution >= 4 is 22.4 Å². The Morgan fingerprint density at radius 1 is 0.947 bits per heavy atom. The van der Waals surface area contributed by atoms with E-state index < -0.39 is 17.3 Å². The van der Waals surface area contributed by atoms with Crippen LogP contribution in [-0.2, 0) is 6.18 Å². The van der Waals surface area contributed by atoms with E-state index in [9.17, 15) is 18.0 Å². The van der Waals surface area contributed by atoms with Crippen LogP contribution in [0.2, 0.25) is 0 Å². The van der Waals surface area contributed by atoms with Gasteiger partial charge in [0.2, 0.25) is 11.5 Å². The van der Waals surface area contributed by atoms with Gasteiger partial charge in [-0.1, -0.05) is 6.07 Å². The maximum absolute atomic E-state index is 14.2. The molecule has 9 nitrogen and oxygen atoms in total. The number of nitrogens with zero attached hydrogens (tertiary/aromatic N) is 5. The highest BCUT2D eigenvalue weighted by atomic mass is 19.4. The SMILES string of the molecule is COc1ccc(-c2ccc3c(c2)[nH]c(=O)c2nnc(-c4ccc(N5CCNCC5)c(C(F)(F)F)c4)n23)cn1. The number of aromatic amines is 1. The van der Waals surface area contributed by atoms with Crippen molar-refractivity contribution in [2.24, 2.45) is 0 Å². The molecule has 1 fully saturated rings. The first-order valence-electron chi connectivity index (χ1n) is 11.9. The van der Waals surface area contributed by atoms with Crippen molar-refractivity contribution in [3.05, 3.63) is 70.6 Å². The predicted octanol–water partition coefficient (Wildman–Crippen LogP) is 3.74. The average molecular weight is 522 g/mol. The summed E-state index contributed by atoms with van der Waals surface area (Å²) >= 11 is 0. The van der Waals surface area contributed by atoms with Crippen molar-refractivity contribution in [2.45, 2.75) is 6.18 Å². The number of pyridine rings is 1. The Kier molecular flexibility index (Phi) is 5.75. The molecule has 4 heterocycles. The van der Waals surface area contributed by atoms with Gasteiger partial charge in [-0.2, -0.15) is 13.2 Å². The number of rotatable bonds is 4. The second kappa shape index (κ2) is 9.14. The van der Waals surface area contributed by atoms with Crippen LogP contribution in [0.4, 0.5) is 18.9 Å². The van der Waals surface area contributed by atoms with Gasteiger partial charge in [0.25, 0.3) is 5.56 Å². The smallest absolute Gasteiger partial charge is 0.418 e. The van der Waals surface area contributed by atoms with E-state index in [0.29, 0.717) is 43.1 Å². The largest absolute Gasteiger partial charge is 0.481 e. The first kappa shape index (κ1) is 23.9. The maximum Gasteiger partial charge on any atom is 0.418 e. The third kappa shape index (κ3) is 4.12. The molecular weight excluding hydrogens is 499 g/mol. The third-order valence-electron chi connectivity index (χ3n) is 6.65. The zero-order valence-electron chi connectivity index (χ0n) is 20.2. The van der Waals surface area contributed by atoms with Gasteiger partial charge >= 0.3 is 6.18 Å². The Labute approximate surface area is 213 Å². The number of piperazine rings is 1. The lowest BCUT2D eigenvalue weighted by atomic mass is 10.1. The van der Waals surface area contributed by atoms with Gasteiger partial charge in [-0.25, -0.2) is 4.98 Å². The van der Waals surface area contributed by atoms with Gasteiger partial charge in [0, 0.05) is 55.3 Å². The van der Waals surface area contributed by atoms with E-state index in [4.69, 9.17) is 4.74 Å². The fourth-order valence-electron chi connectivity index (χ4n) is 4.79. The summed E-state index contributed by atoms with van der Waals surface area (Å²) in [7, 11) is 1.53. The van der Waals surface area contributed by atoms with Gasteiger partial charge in [0.15, 0.2) is 5.82 Å². The monoisotopic (exact) mass is 521 g/mol. The molecule has 5 aromatic rings. The molecule has 1 saturated heterocycles. The number of anilines is 1. The molecule has 0 amide bonds. The lowest BCUT2D eigenvalue weighted by Gasteiger charge is -2.31. The second-order valence-corrected chi connectivity index (χ2v) is 8.92. The molecule has 2 N–H and O–H groups in total. The van der Waals surface area contributed by atoms with E-state index in [2.05, 4.69) is 25.5 Å². The zero-order valence-corrected chi connectivity index (χ0v) is 20.2. The average Bonchev–Trinajstić information content (AvgIpc) is 3.39. The Morgan fingerprint density at radius 3 is 2.42 bits per heavy atom. The van der Waals surface area contributed by atoms with Crippen molar-refractivity contribution in [1.82, 2.24) is 29.9 Å². The van der Waals surface area contributed by atoms with Crippen LogP contribution in [0.1, 0.15) is 5.56 Å². The number of nitrogens with one attached hydrogen (secondary N) is 2. The second-order valence-electron chi connectivity index (χ2n) is 8.92. The van der Waals surface area contributed by atoms with Crippen LogP contribution >= 0.6 is 0 Å². The molecule has 2 aromatic carbocycles. The summed E-state index contributed by atoms with van der Waals surface area (Å²) in [5.74, 6) is 0.618. The van der Waals surface area contributed by atoms with E-state index in [0.717, 1.165) is 17.2 Å². The minimum absolute atomic E-state index is 0.00824. The number of halogens is 3. The first-order chi connectivity index (χ1) is 18.3. The zero-order chi connectivity index (χ0) is 26.4. The molecule has 0 aliphatic carbocycles. The normalized spacial score (nSPS) is 14.4. The number of methoxy groups -OCH3 is 1. The van der Waals surface area contributed by atoms with Crippen molar-refractivity contribution < 1.29 is 17.9 Å². The van der Waals surface area contributed by atoms with E-state index in [1.807, 2.05) is 12.1 Å². The molecule has 0 spiro atoms. The molecule has 0 bridgehead atoms. The Morgan fingerprint density at radius 2 is 1.71 bits per heavy atom. The minimum atomic E-state index is -4.57.